The Morgan fingerprint density at radius 3 is 2.37 bits per heavy atom. The zero-order chi connectivity index (χ0) is 19.2. The zero-order valence-electron chi connectivity index (χ0n) is 14.9. The number of anilines is 3. The van der Waals surface area contributed by atoms with E-state index in [1.54, 1.807) is 37.6 Å². The number of aliphatic hydroxyl groups excluding tert-OH is 1. The quantitative estimate of drug-likeness (QED) is 0.513. The first-order chi connectivity index (χ1) is 13.0. The van der Waals surface area contributed by atoms with Gasteiger partial charge in [0.2, 0.25) is 5.95 Å². The van der Waals surface area contributed by atoms with Gasteiger partial charge >= 0.3 is 0 Å². The predicted octanol–water partition coefficient (Wildman–Crippen LogP) is 4.35. The van der Waals surface area contributed by atoms with Crippen molar-refractivity contribution < 1.29 is 9.84 Å². The van der Waals surface area contributed by atoms with Crippen LogP contribution in [0.15, 0.2) is 59.5 Å². The average molecular weight is 430 g/mol. The highest BCUT2D eigenvalue weighted by molar-refractivity contribution is 9.10. The van der Waals surface area contributed by atoms with E-state index in [0.717, 1.165) is 21.7 Å². The first-order valence-corrected chi connectivity index (χ1v) is 9.22. The normalized spacial score (nSPS) is 12.9. The Bertz CT molecular complexity index is 875. The van der Waals surface area contributed by atoms with Gasteiger partial charge in [-0.2, -0.15) is 4.98 Å². The molecule has 0 saturated heterocycles. The topological polar surface area (TPSA) is 92.2 Å². The van der Waals surface area contributed by atoms with Crippen molar-refractivity contribution in [3.63, 3.8) is 0 Å². The fraction of sp³-hybridized carbons (Fsp3) is 0.211. The minimum atomic E-state index is -0.504. The summed E-state index contributed by atoms with van der Waals surface area (Å²) in [5.41, 5.74) is 0.828. The summed E-state index contributed by atoms with van der Waals surface area (Å²) >= 11 is 3.42. The largest absolute Gasteiger partial charge is 0.457 e. The lowest BCUT2D eigenvalue weighted by Crippen LogP contribution is -2.28. The van der Waals surface area contributed by atoms with Crippen LogP contribution in [0.2, 0.25) is 0 Å². The van der Waals surface area contributed by atoms with E-state index < -0.39 is 6.10 Å². The van der Waals surface area contributed by atoms with Gasteiger partial charge in [-0.3, -0.25) is 4.98 Å². The molecule has 0 radical (unpaired) electrons. The van der Waals surface area contributed by atoms with E-state index in [9.17, 15) is 5.11 Å². The van der Waals surface area contributed by atoms with E-state index in [1.165, 1.54) is 0 Å². The summed E-state index contributed by atoms with van der Waals surface area (Å²) in [6, 6.07) is 10.9. The van der Waals surface area contributed by atoms with Crippen LogP contribution in [0.1, 0.15) is 13.8 Å². The van der Waals surface area contributed by atoms with Crippen molar-refractivity contribution in [1.82, 2.24) is 15.0 Å². The van der Waals surface area contributed by atoms with Crippen molar-refractivity contribution >= 4 is 33.4 Å². The molecule has 0 aliphatic rings. The number of ether oxygens (including phenoxy) is 1. The molecule has 8 heteroatoms. The second-order valence-corrected chi connectivity index (χ2v) is 6.85. The van der Waals surface area contributed by atoms with Gasteiger partial charge in [0, 0.05) is 24.3 Å². The molecule has 3 aromatic rings. The third-order valence-electron chi connectivity index (χ3n) is 3.83. The maximum absolute atomic E-state index is 9.66. The molecule has 0 aliphatic carbocycles. The lowest BCUT2D eigenvalue weighted by molar-refractivity contribution is 0.177. The molecule has 1 aromatic carbocycles. The first kappa shape index (κ1) is 19.1. The third kappa shape index (κ3) is 5.38. The van der Waals surface area contributed by atoms with Gasteiger partial charge in [0.15, 0.2) is 0 Å². The van der Waals surface area contributed by atoms with Crippen LogP contribution in [0.5, 0.6) is 11.5 Å². The molecule has 0 aliphatic heterocycles. The number of rotatable bonds is 7. The number of hydrogen-bond acceptors (Lipinski definition) is 7. The maximum atomic E-state index is 9.66. The molecule has 140 valence electrons. The Kier molecular flexibility index (Phi) is 6.20. The lowest BCUT2D eigenvalue weighted by atomic mass is 10.2. The number of halogens is 1. The van der Waals surface area contributed by atoms with Crippen LogP contribution in [0, 0.1) is 0 Å². The standard InChI is InChI=1S/C19H20BrN5O2/c1-12(13(2)26)23-18-17(20)11-22-19(25-18)24-14-3-5-15(6-4-14)27-16-7-9-21-10-8-16/h3-13,26H,1-2H3,(H2,22,23,24,25)/t12-,13-/m1/s1. The van der Waals surface area contributed by atoms with Gasteiger partial charge in [0.1, 0.15) is 17.3 Å². The van der Waals surface area contributed by atoms with Crippen LogP contribution in [0.25, 0.3) is 0 Å². The highest BCUT2D eigenvalue weighted by Gasteiger charge is 2.12. The van der Waals surface area contributed by atoms with Crippen molar-refractivity contribution in [3.8, 4) is 11.5 Å². The molecular weight excluding hydrogens is 410 g/mol. The molecule has 7 nitrogen and oxygen atoms in total. The monoisotopic (exact) mass is 429 g/mol. The molecule has 27 heavy (non-hydrogen) atoms. The molecule has 0 unspecified atom stereocenters. The predicted molar refractivity (Wildman–Crippen MR) is 109 cm³/mol. The number of nitrogens with one attached hydrogen (secondary N) is 2. The summed E-state index contributed by atoms with van der Waals surface area (Å²) in [6.07, 6.45) is 4.52. The Morgan fingerprint density at radius 2 is 1.70 bits per heavy atom. The number of pyridine rings is 1. The van der Waals surface area contributed by atoms with Gasteiger partial charge in [-0.05, 0) is 66.2 Å². The number of aliphatic hydroxyl groups is 1. The van der Waals surface area contributed by atoms with E-state index >= 15 is 0 Å². The first-order valence-electron chi connectivity index (χ1n) is 8.43. The van der Waals surface area contributed by atoms with Gasteiger partial charge in [0.25, 0.3) is 0 Å². The Labute approximate surface area is 166 Å². The highest BCUT2D eigenvalue weighted by Crippen LogP contribution is 2.25. The zero-order valence-corrected chi connectivity index (χ0v) is 16.5. The van der Waals surface area contributed by atoms with Crippen molar-refractivity contribution in [2.24, 2.45) is 0 Å². The molecule has 0 bridgehead atoms. The Balaban J connectivity index is 1.68. The summed E-state index contributed by atoms with van der Waals surface area (Å²) in [5, 5.41) is 16.0. The second-order valence-electron chi connectivity index (χ2n) is 6.00. The molecule has 2 atom stereocenters. The van der Waals surface area contributed by atoms with Gasteiger partial charge in [-0.25, -0.2) is 4.98 Å². The van der Waals surface area contributed by atoms with Gasteiger partial charge in [0.05, 0.1) is 16.6 Å². The maximum Gasteiger partial charge on any atom is 0.229 e. The second kappa shape index (κ2) is 8.79. The van der Waals surface area contributed by atoms with E-state index in [0.29, 0.717) is 11.8 Å². The van der Waals surface area contributed by atoms with Crippen molar-refractivity contribution in [3.05, 3.63) is 59.5 Å². The SMILES string of the molecule is C[C@@H](O)[C@@H](C)Nc1nc(Nc2ccc(Oc3ccncc3)cc2)ncc1Br. The molecule has 2 heterocycles. The van der Waals surface area contributed by atoms with E-state index in [-0.39, 0.29) is 6.04 Å². The lowest BCUT2D eigenvalue weighted by Gasteiger charge is -2.18. The molecular formula is C19H20BrN5O2. The molecule has 2 aromatic heterocycles. The van der Waals surface area contributed by atoms with Crippen LogP contribution in [-0.2, 0) is 0 Å². The van der Waals surface area contributed by atoms with Crippen molar-refractivity contribution in [2.45, 2.75) is 26.0 Å². The molecule has 0 fully saturated rings. The summed E-state index contributed by atoms with van der Waals surface area (Å²) in [4.78, 5) is 12.7. The third-order valence-corrected chi connectivity index (χ3v) is 4.41. The van der Waals surface area contributed by atoms with Gasteiger partial charge in [-0.1, -0.05) is 0 Å². The number of nitrogens with zero attached hydrogens (tertiary/aromatic N) is 3. The summed E-state index contributed by atoms with van der Waals surface area (Å²) in [5.74, 6) is 2.50. The Hall–Kier alpha value is -2.71. The molecule has 0 amide bonds. The van der Waals surface area contributed by atoms with E-state index in [4.69, 9.17) is 4.74 Å². The number of aromatic nitrogens is 3. The fourth-order valence-electron chi connectivity index (χ4n) is 2.14. The van der Waals surface area contributed by atoms with Gasteiger partial charge < -0.3 is 20.5 Å². The van der Waals surface area contributed by atoms with Crippen LogP contribution in [0.4, 0.5) is 17.5 Å². The minimum absolute atomic E-state index is 0.145. The van der Waals surface area contributed by atoms with Gasteiger partial charge in [-0.15, -0.1) is 0 Å². The Morgan fingerprint density at radius 1 is 1.04 bits per heavy atom. The molecule has 3 N–H and O–H groups in total. The van der Waals surface area contributed by atoms with Crippen molar-refractivity contribution in [1.29, 1.82) is 0 Å². The van der Waals surface area contributed by atoms with Crippen LogP contribution < -0.4 is 15.4 Å². The highest BCUT2D eigenvalue weighted by atomic mass is 79.9. The summed E-state index contributed by atoms with van der Waals surface area (Å²) < 4.78 is 6.47. The molecule has 0 saturated carbocycles. The smallest absolute Gasteiger partial charge is 0.229 e. The number of benzene rings is 1. The van der Waals surface area contributed by atoms with Crippen LogP contribution >= 0.6 is 15.9 Å². The average Bonchev–Trinajstić information content (AvgIpc) is 2.67. The van der Waals surface area contributed by atoms with Crippen molar-refractivity contribution in [2.75, 3.05) is 10.6 Å². The van der Waals surface area contributed by atoms with E-state index in [2.05, 4.69) is 41.5 Å². The molecule has 0 spiro atoms. The minimum Gasteiger partial charge on any atom is -0.457 e. The van der Waals surface area contributed by atoms with Crippen LogP contribution in [0.3, 0.4) is 0 Å². The van der Waals surface area contributed by atoms with E-state index in [1.807, 2.05) is 31.2 Å². The summed E-state index contributed by atoms with van der Waals surface area (Å²) in [6.45, 7) is 3.61. The number of hydrogen-bond donors (Lipinski definition) is 3. The molecule has 3 rings (SSSR count). The fourth-order valence-corrected chi connectivity index (χ4v) is 2.45. The summed E-state index contributed by atoms with van der Waals surface area (Å²) in [7, 11) is 0. The van der Waals surface area contributed by atoms with Crippen LogP contribution in [-0.4, -0.2) is 32.2 Å².